The van der Waals surface area contributed by atoms with E-state index in [1.165, 1.54) is 12.1 Å². The molecule has 0 saturated heterocycles. The number of anilines is 2. The Kier molecular flexibility index (Phi) is 4.45. The van der Waals surface area contributed by atoms with E-state index < -0.39 is 0 Å². The molecule has 3 nitrogen and oxygen atoms in total. The number of benzene rings is 2. The monoisotopic (exact) mass is 274 g/mol. The maximum absolute atomic E-state index is 13.2. The molecule has 0 radical (unpaired) electrons. The zero-order chi connectivity index (χ0) is 14.5. The van der Waals surface area contributed by atoms with Gasteiger partial charge >= 0.3 is 0 Å². The lowest BCUT2D eigenvalue weighted by atomic mass is 10.1. The molecule has 0 bridgehead atoms. The molecular formula is C16H19FN2O. The predicted molar refractivity (Wildman–Crippen MR) is 80.5 cm³/mol. The molecule has 2 rings (SSSR count). The lowest BCUT2D eigenvalue weighted by Crippen LogP contribution is -2.07. The van der Waals surface area contributed by atoms with Crippen molar-refractivity contribution in [1.82, 2.24) is 0 Å². The van der Waals surface area contributed by atoms with Crippen molar-refractivity contribution in [2.45, 2.75) is 19.9 Å². The predicted octanol–water partition coefficient (Wildman–Crippen LogP) is 3.98. The highest BCUT2D eigenvalue weighted by Crippen LogP contribution is 2.26. The zero-order valence-electron chi connectivity index (χ0n) is 11.7. The van der Waals surface area contributed by atoms with Gasteiger partial charge in [-0.1, -0.05) is 12.1 Å². The Hall–Kier alpha value is -2.23. The molecule has 0 aliphatic heterocycles. The Balaban J connectivity index is 2.16. The third-order valence-corrected chi connectivity index (χ3v) is 2.97. The van der Waals surface area contributed by atoms with E-state index in [4.69, 9.17) is 10.5 Å². The second-order valence-electron chi connectivity index (χ2n) is 4.64. The molecular weight excluding hydrogens is 255 g/mol. The topological polar surface area (TPSA) is 47.3 Å². The van der Waals surface area contributed by atoms with E-state index in [-0.39, 0.29) is 11.9 Å². The van der Waals surface area contributed by atoms with Crippen LogP contribution in [0.15, 0.2) is 42.5 Å². The molecule has 0 aromatic heterocycles. The minimum absolute atomic E-state index is 0.0259. The first-order valence-electron chi connectivity index (χ1n) is 6.64. The summed E-state index contributed by atoms with van der Waals surface area (Å²) in [7, 11) is 0. The van der Waals surface area contributed by atoms with Gasteiger partial charge in [-0.05, 0) is 37.6 Å². The van der Waals surface area contributed by atoms with Crippen LogP contribution in [0, 0.1) is 5.82 Å². The Morgan fingerprint density at radius 2 is 2.05 bits per heavy atom. The van der Waals surface area contributed by atoms with E-state index in [2.05, 4.69) is 5.32 Å². The van der Waals surface area contributed by atoms with Crippen molar-refractivity contribution in [1.29, 1.82) is 0 Å². The van der Waals surface area contributed by atoms with Crippen LogP contribution in [-0.4, -0.2) is 6.61 Å². The van der Waals surface area contributed by atoms with Crippen molar-refractivity contribution in [2.75, 3.05) is 17.7 Å². The van der Waals surface area contributed by atoms with Gasteiger partial charge in [-0.15, -0.1) is 0 Å². The van der Waals surface area contributed by atoms with Crippen LogP contribution in [-0.2, 0) is 0 Å². The van der Waals surface area contributed by atoms with Crippen LogP contribution < -0.4 is 15.8 Å². The van der Waals surface area contributed by atoms with E-state index in [1.807, 2.05) is 32.0 Å². The molecule has 1 atom stereocenters. The molecule has 3 N–H and O–H groups in total. The molecule has 4 heteroatoms. The first-order valence-corrected chi connectivity index (χ1v) is 6.64. The summed E-state index contributed by atoms with van der Waals surface area (Å²) in [6, 6.07) is 12.0. The fourth-order valence-electron chi connectivity index (χ4n) is 2.06. The highest BCUT2D eigenvalue weighted by Gasteiger charge is 2.07. The normalized spacial score (nSPS) is 11.9. The van der Waals surface area contributed by atoms with Gasteiger partial charge in [-0.3, -0.25) is 0 Å². The van der Waals surface area contributed by atoms with Crippen LogP contribution in [0.4, 0.5) is 15.8 Å². The smallest absolute Gasteiger partial charge is 0.123 e. The summed E-state index contributed by atoms with van der Waals surface area (Å²) in [5.74, 6) is 0.486. The summed E-state index contributed by atoms with van der Waals surface area (Å²) >= 11 is 0. The Bertz CT molecular complexity index is 586. The van der Waals surface area contributed by atoms with Crippen LogP contribution in [0.25, 0.3) is 0 Å². The lowest BCUT2D eigenvalue weighted by Gasteiger charge is -2.17. The molecule has 1 unspecified atom stereocenters. The number of ether oxygens (including phenoxy) is 1. The third kappa shape index (κ3) is 3.63. The Labute approximate surface area is 118 Å². The molecule has 2 aromatic carbocycles. The van der Waals surface area contributed by atoms with Gasteiger partial charge in [0, 0.05) is 29.5 Å². The standard InChI is InChI=1S/C16H19FN2O/c1-3-20-16-9-14(18)8-15(10-16)19-11(2)12-5-4-6-13(17)7-12/h4-11,19H,3,18H2,1-2H3. The molecule has 106 valence electrons. The first-order chi connectivity index (χ1) is 9.58. The molecule has 0 aliphatic carbocycles. The quantitative estimate of drug-likeness (QED) is 0.811. The van der Waals surface area contributed by atoms with Gasteiger partial charge in [0.25, 0.3) is 0 Å². The molecule has 0 heterocycles. The molecule has 0 amide bonds. The molecule has 2 aromatic rings. The third-order valence-electron chi connectivity index (χ3n) is 2.97. The van der Waals surface area contributed by atoms with E-state index >= 15 is 0 Å². The summed E-state index contributed by atoms with van der Waals surface area (Å²) < 4.78 is 18.7. The van der Waals surface area contributed by atoms with Gasteiger partial charge in [-0.2, -0.15) is 0 Å². The number of halogens is 1. The van der Waals surface area contributed by atoms with Crippen molar-refractivity contribution in [3.05, 3.63) is 53.8 Å². The lowest BCUT2D eigenvalue weighted by molar-refractivity contribution is 0.340. The van der Waals surface area contributed by atoms with Gasteiger partial charge in [-0.25, -0.2) is 4.39 Å². The summed E-state index contributed by atoms with van der Waals surface area (Å²) in [5, 5.41) is 3.30. The minimum atomic E-state index is -0.237. The number of hydrogen-bond donors (Lipinski definition) is 2. The average molecular weight is 274 g/mol. The van der Waals surface area contributed by atoms with E-state index in [1.54, 1.807) is 12.1 Å². The van der Waals surface area contributed by atoms with Crippen molar-refractivity contribution >= 4 is 11.4 Å². The number of nitrogen functional groups attached to an aromatic ring is 1. The van der Waals surface area contributed by atoms with Gasteiger partial charge in [0.05, 0.1) is 6.61 Å². The van der Waals surface area contributed by atoms with Crippen LogP contribution in [0.3, 0.4) is 0 Å². The van der Waals surface area contributed by atoms with E-state index in [9.17, 15) is 4.39 Å². The van der Waals surface area contributed by atoms with Crippen molar-refractivity contribution in [2.24, 2.45) is 0 Å². The van der Waals surface area contributed by atoms with Gasteiger partial charge in [0.1, 0.15) is 11.6 Å². The van der Waals surface area contributed by atoms with Crippen LogP contribution in [0.1, 0.15) is 25.5 Å². The number of hydrogen-bond acceptors (Lipinski definition) is 3. The van der Waals surface area contributed by atoms with Crippen LogP contribution >= 0.6 is 0 Å². The number of nitrogens with one attached hydrogen (secondary N) is 1. The van der Waals surface area contributed by atoms with Crippen LogP contribution in [0.2, 0.25) is 0 Å². The summed E-state index contributed by atoms with van der Waals surface area (Å²) in [5.41, 5.74) is 8.21. The van der Waals surface area contributed by atoms with Crippen molar-refractivity contribution < 1.29 is 9.13 Å². The molecule has 20 heavy (non-hydrogen) atoms. The Morgan fingerprint density at radius 1 is 1.25 bits per heavy atom. The van der Waals surface area contributed by atoms with Gasteiger partial charge < -0.3 is 15.8 Å². The Morgan fingerprint density at radius 3 is 2.75 bits per heavy atom. The summed E-state index contributed by atoms with van der Waals surface area (Å²) in [6.07, 6.45) is 0. The molecule has 0 aliphatic rings. The second kappa shape index (κ2) is 6.28. The van der Waals surface area contributed by atoms with Gasteiger partial charge in [0.15, 0.2) is 0 Å². The minimum Gasteiger partial charge on any atom is -0.494 e. The molecule has 0 saturated carbocycles. The number of nitrogens with two attached hydrogens (primary N) is 1. The molecule has 0 fully saturated rings. The van der Waals surface area contributed by atoms with Gasteiger partial charge in [0.2, 0.25) is 0 Å². The highest BCUT2D eigenvalue weighted by atomic mass is 19.1. The van der Waals surface area contributed by atoms with Crippen LogP contribution in [0.5, 0.6) is 5.75 Å². The highest BCUT2D eigenvalue weighted by molar-refractivity contribution is 5.59. The van der Waals surface area contributed by atoms with E-state index in [0.29, 0.717) is 12.3 Å². The maximum Gasteiger partial charge on any atom is 0.123 e. The summed E-state index contributed by atoms with van der Waals surface area (Å²) in [4.78, 5) is 0. The fourth-order valence-corrected chi connectivity index (χ4v) is 2.06. The zero-order valence-corrected chi connectivity index (χ0v) is 11.7. The first kappa shape index (κ1) is 14.2. The SMILES string of the molecule is CCOc1cc(N)cc(NC(C)c2cccc(F)c2)c1. The second-order valence-corrected chi connectivity index (χ2v) is 4.64. The average Bonchev–Trinajstić information content (AvgIpc) is 2.38. The fraction of sp³-hybridized carbons (Fsp3) is 0.250. The summed E-state index contributed by atoms with van der Waals surface area (Å²) in [6.45, 7) is 4.48. The maximum atomic E-state index is 13.2. The van der Waals surface area contributed by atoms with Crippen molar-refractivity contribution in [3.8, 4) is 5.75 Å². The largest absolute Gasteiger partial charge is 0.494 e. The number of rotatable bonds is 5. The van der Waals surface area contributed by atoms with E-state index in [0.717, 1.165) is 17.0 Å². The van der Waals surface area contributed by atoms with Crippen molar-refractivity contribution in [3.63, 3.8) is 0 Å². The molecule has 0 spiro atoms.